The average molecular weight is 317 g/mol. The minimum Gasteiger partial charge on any atom is -0.383 e. The molecule has 0 aromatic heterocycles. The molecule has 128 valence electrons. The molecule has 0 aliphatic heterocycles. The molecule has 0 bridgehead atoms. The first-order valence-electron chi connectivity index (χ1n) is 8.21. The number of guanidine groups is 1. The Balaban J connectivity index is 2.43. The molecule has 0 heterocycles. The topological polar surface area (TPSA) is 74.5 Å². The van der Waals surface area contributed by atoms with Crippen molar-refractivity contribution in [3.05, 3.63) is 48.2 Å². The Labute approximate surface area is 140 Å². The number of nitrogens with zero attached hydrogens (tertiary/aromatic N) is 1. The predicted molar refractivity (Wildman–Crippen MR) is 99.3 cm³/mol. The van der Waals surface area contributed by atoms with Crippen LogP contribution in [0.4, 0.5) is 0 Å². The molecule has 0 radical (unpaired) electrons. The lowest BCUT2D eigenvalue weighted by Gasteiger charge is -2.24. The highest BCUT2D eigenvalue weighted by atomic mass is 15.1. The third-order valence-electron chi connectivity index (χ3n) is 3.53. The molecule has 1 aromatic carbocycles. The van der Waals surface area contributed by atoms with Crippen molar-refractivity contribution in [3.63, 3.8) is 0 Å². The Morgan fingerprint density at radius 1 is 1.22 bits per heavy atom. The van der Waals surface area contributed by atoms with E-state index in [-0.39, 0.29) is 6.04 Å². The zero-order valence-electron chi connectivity index (χ0n) is 14.6. The van der Waals surface area contributed by atoms with Gasteiger partial charge in [-0.1, -0.05) is 50.8 Å². The summed E-state index contributed by atoms with van der Waals surface area (Å²) in [4.78, 5) is 3.89. The monoisotopic (exact) mass is 317 g/mol. The molecule has 0 saturated heterocycles. The molecular weight excluding hydrogens is 286 g/mol. The third kappa shape index (κ3) is 8.26. The van der Waals surface area contributed by atoms with E-state index in [9.17, 15) is 0 Å². The summed E-state index contributed by atoms with van der Waals surface area (Å²) in [5, 5.41) is 10.1. The molecule has 0 amide bonds. The molecule has 1 rings (SSSR count). The van der Waals surface area contributed by atoms with Crippen LogP contribution in [0.2, 0.25) is 0 Å². The highest BCUT2D eigenvalue weighted by Crippen LogP contribution is 2.07. The lowest BCUT2D eigenvalue weighted by molar-refractivity contribution is 0.451. The van der Waals surface area contributed by atoms with Crippen LogP contribution in [-0.4, -0.2) is 31.6 Å². The van der Waals surface area contributed by atoms with E-state index in [0.717, 1.165) is 31.6 Å². The van der Waals surface area contributed by atoms with Gasteiger partial charge in [-0.15, -0.1) is 0 Å². The summed E-state index contributed by atoms with van der Waals surface area (Å²) in [6.45, 7) is 10.1. The van der Waals surface area contributed by atoms with Gasteiger partial charge in [0.25, 0.3) is 0 Å². The summed E-state index contributed by atoms with van der Waals surface area (Å²) < 4.78 is 0. The molecule has 1 atom stereocenters. The fraction of sp³-hybridized carbons (Fsp3) is 0.500. The molecule has 5 heteroatoms. The lowest BCUT2D eigenvalue weighted by atomic mass is 10.1. The Hall–Kier alpha value is -2.01. The largest absolute Gasteiger partial charge is 0.383 e. The second kappa shape index (κ2) is 10.7. The van der Waals surface area contributed by atoms with Crippen molar-refractivity contribution in [2.45, 2.75) is 45.3 Å². The van der Waals surface area contributed by atoms with Crippen molar-refractivity contribution in [1.82, 2.24) is 16.0 Å². The molecule has 0 spiro atoms. The smallest absolute Gasteiger partial charge is 0.188 e. The number of hydrogen-bond acceptors (Lipinski definition) is 3. The molecule has 0 saturated carbocycles. The van der Waals surface area contributed by atoms with Crippen LogP contribution in [0.3, 0.4) is 0 Å². The van der Waals surface area contributed by atoms with Crippen molar-refractivity contribution >= 4 is 5.96 Å². The van der Waals surface area contributed by atoms with Crippen LogP contribution in [0.15, 0.2) is 47.6 Å². The Morgan fingerprint density at radius 2 is 1.91 bits per heavy atom. The molecule has 1 unspecified atom stereocenters. The van der Waals surface area contributed by atoms with Crippen LogP contribution >= 0.6 is 0 Å². The fourth-order valence-corrected chi connectivity index (χ4v) is 2.30. The summed E-state index contributed by atoms with van der Waals surface area (Å²) in [6.07, 6.45) is 1.98. The van der Waals surface area contributed by atoms with E-state index in [1.165, 1.54) is 5.56 Å². The van der Waals surface area contributed by atoms with Crippen LogP contribution in [0.1, 0.15) is 32.3 Å². The van der Waals surface area contributed by atoms with Crippen LogP contribution in [0, 0.1) is 0 Å². The van der Waals surface area contributed by atoms with E-state index in [2.05, 4.69) is 65.6 Å². The van der Waals surface area contributed by atoms with Crippen LogP contribution < -0.4 is 21.7 Å². The minimum absolute atomic E-state index is 0.236. The first kappa shape index (κ1) is 19.0. The van der Waals surface area contributed by atoms with Gasteiger partial charge in [0.05, 0.1) is 0 Å². The highest BCUT2D eigenvalue weighted by molar-refractivity contribution is 5.77. The van der Waals surface area contributed by atoms with Gasteiger partial charge in [0.15, 0.2) is 5.96 Å². The maximum absolute atomic E-state index is 5.64. The summed E-state index contributed by atoms with van der Waals surface area (Å²) in [6, 6.07) is 11.0. The second-order valence-corrected chi connectivity index (χ2v) is 5.92. The quantitative estimate of drug-likeness (QED) is 0.302. The van der Waals surface area contributed by atoms with E-state index < -0.39 is 0 Å². The number of benzene rings is 1. The summed E-state index contributed by atoms with van der Waals surface area (Å²) in [5.74, 6) is 0.486. The predicted octanol–water partition coefficient (Wildman–Crippen LogP) is 1.97. The number of hydrogen-bond donors (Lipinski definition) is 4. The summed E-state index contributed by atoms with van der Waals surface area (Å²) in [7, 11) is 1.68. The normalized spacial score (nSPS) is 13.0. The van der Waals surface area contributed by atoms with Crippen LogP contribution in [0.5, 0.6) is 0 Å². The van der Waals surface area contributed by atoms with E-state index in [1.54, 1.807) is 7.05 Å². The van der Waals surface area contributed by atoms with Crippen LogP contribution in [-0.2, 0) is 6.54 Å². The number of nitrogens with one attached hydrogen (secondary N) is 3. The first-order valence-corrected chi connectivity index (χ1v) is 8.21. The Kier molecular flexibility index (Phi) is 8.83. The first-order chi connectivity index (χ1) is 11.0. The Morgan fingerprint density at radius 3 is 2.52 bits per heavy atom. The van der Waals surface area contributed by atoms with Crippen molar-refractivity contribution in [1.29, 1.82) is 0 Å². The van der Waals surface area contributed by atoms with Crippen molar-refractivity contribution < 1.29 is 0 Å². The van der Waals surface area contributed by atoms with Crippen molar-refractivity contribution in [2.24, 2.45) is 10.7 Å². The van der Waals surface area contributed by atoms with Gasteiger partial charge in [-0.2, -0.15) is 0 Å². The third-order valence-corrected chi connectivity index (χ3v) is 3.53. The maximum atomic E-state index is 5.64. The molecule has 5 N–H and O–H groups in total. The zero-order valence-corrected chi connectivity index (χ0v) is 14.6. The van der Waals surface area contributed by atoms with Crippen molar-refractivity contribution in [3.8, 4) is 0 Å². The van der Waals surface area contributed by atoms with Gasteiger partial charge in [0.2, 0.25) is 0 Å². The molecule has 0 fully saturated rings. The number of aliphatic imine (C=N–C) groups is 1. The SMILES string of the molecule is C=C(NCc1ccccc1)C(CCCNC(N)=NC)NC(C)C. The van der Waals surface area contributed by atoms with Gasteiger partial charge in [-0.05, 0) is 18.4 Å². The molecule has 0 aliphatic rings. The summed E-state index contributed by atoms with van der Waals surface area (Å²) in [5.41, 5.74) is 7.92. The minimum atomic E-state index is 0.236. The van der Waals surface area contributed by atoms with Gasteiger partial charge in [0.1, 0.15) is 0 Å². The molecule has 1 aromatic rings. The van der Waals surface area contributed by atoms with Gasteiger partial charge in [-0.25, -0.2) is 0 Å². The van der Waals surface area contributed by atoms with Crippen LogP contribution in [0.25, 0.3) is 0 Å². The number of nitrogens with two attached hydrogens (primary N) is 1. The average Bonchev–Trinajstić information content (AvgIpc) is 2.55. The number of rotatable bonds is 10. The highest BCUT2D eigenvalue weighted by Gasteiger charge is 2.13. The van der Waals surface area contributed by atoms with E-state index >= 15 is 0 Å². The van der Waals surface area contributed by atoms with Gasteiger partial charge in [0, 0.05) is 37.9 Å². The van der Waals surface area contributed by atoms with Gasteiger partial charge >= 0.3 is 0 Å². The van der Waals surface area contributed by atoms with Gasteiger partial charge in [-0.3, -0.25) is 4.99 Å². The van der Waals surface area contributed by atoms with E-state index in [4.69, 9.17) is 5.73 Å². The zero-order chi connectivity index (χ0) is 17.1. The molecule has 5 nitrogen and oxygen atoms in total. The second-order valence-electron chi connectivity index (χ2n) is 5.92. The van der Waals surface area contributed by atoms with E-state index in [1.807, 2.05) is 6.07 Å². The molecular formula is C18H31N5. The fourth-order valence-electron chi connectivity index (χ4n) is 2.30. The van der Waals surface area contributed by atoms with Gasteiger partial charge < -0.3 is 21.7 Å². The Bertz CT molecular complexity index is 481. The van der Waals surface area contributed by atoms with Crippen molar-refractivity contribution in [2.75, 3.05) is 13.6 Å². The summed E-state index contributed by atoms with van der Waals surface area (Å²) >= 11 is 0. The lowest BCUT2D eigenvalue weighted by Crippen LogP contribution is -2.40. The molecule has 0 aliphatic carbocycles. The standard InChI is InChI=1S/C18H31N5/c1-14(2)23-17(11-8-12-21-18(19)20-4)15(3)22-13-16-9-6-5-7-10-16/h5-7,9-10,14,17,22-23H,3,8,11-13H2,1-2,4H3,(H3,19,20,21). The maximum Gasteiger partial charge on any atom is 0.188 e. The van der Waals surface area contributed by atoms with E-state index in [0.29, 0.717) is 12.0 Å². The molecule has 23 heavy (non-hydrogen) atoms.